The Kier molecular flexibility index (Phi) is 9.84. The largest absolute Gasteiger partial charge is 0.455 e. The van der Waals surface area contributed by atoms with E-state index in [9.17, 15) is 0 Å². The first kappa shape index (κ1) is 40.1. The molecule has 0 fully saturated rings. The van der Waals surface area contributed by atoms with Gasteiger partial charge in [-0.05, 0) is 93.5 Å². The van der Waals surface area contributed by atoms with Crippen LogP contribution in [0.3, 0.4) is 0 Å². The van der Waals surface area contributed by atoms with E-state index in [1.807, 2.05) is 12.1 Å². The molecule has 0 bridgehead atoms. The molecule has 13 rings (SSSR count). The zero-order valence-corrected chi connectivity index (χ0v) is 37.7. The number of benzene rings is 11. The zero-order chi connectivity index (χ0) is 45.7. The van der Waals surface area contributed by atoms with E-state index in [0.717, 1.165) is 83.6 Å². The Balaban J connectivity index is 0.912. The van der Waals surface area contributed by atoms with Crippen molar-refractivity contribution in [2.75, 3.05) is 4.90 Å². The highest BCUT2D eigenvalue weighted by Crippen LogP contribution is 2.45. The standard InChI is InChI=1S/C66H44N2O/c1-2-19-45(20-3-1)52-23-8-13-32-61(52)67(49-43-39-47(40-44-49)51-22-5-7-25-54(51)59-30-18-31-60-58-29-12-17-36-65(58)69-66(59)60)48-41-37-46(38-42-48)50-21-4-6-24-53(50)55-26-9-14-33-62(55)68-63-34-15-10-27-56(63)57-28-11-16-35-64(57)68/h1-44H. The van der Waals surface area contributed by atoms with Crippen LogP contribution in [0.25, 0.3) is 105 Å². The highest BCUT2D eigenvalue weighted by atomic mass is 16.3. The lowest BCUT2D eigenvalue weighted by atomic mass is 9.93. The van der Waals surface area contributed by atoms with Crippen LogP contribution < -0.4 is 4.90 Å². The van der Waals surface area contributed by atoms with Gasteiger partial charge in [-0.2, -0.15) is 0 Å². The van der Waals surface area contributed by atoms with Crippen molar-refractivity contribution in [3.8, 4) is 61.3 Å². The van der Waals surface area contributed by atoms with Crippen molar-refractivity contribution in [2.45, 2.75) is 0 Å². The number of hydrogen-bond acceptors (Lipinski definition) is 2. The van der Waals surface area contributed by atoms with Crippen LogP contribution >= 0.6 is 0 Å². The predicted octanol–water partition coefficient (Wildman–Crippen LogP) is 18.5. The maximum absolute atomic E-state index is 6.53. The number of para-hydroxylation sites is 6. The highest BCUT2D eigenvalue weighted by molar-refractivity contribution is 6.11. The SMILES string of the molecule is c1ccc(-c2ccccc2N(c2ccc(-c3ccccc3-c3ccccc3-n3c4ccccc4c4ccccc43)cc2)c2ccc(-c3ccccc3-c3cccc4c3oc3ccccc34)cc2)cc1. The van der Waals surface area contributed by atoms with Gasteiger partial charge in [0.05, 0.1) is 22.4 Å². The molecule has 13 aromatic rings. The fraction of sp³-hybridized carbons (Fsp3) is 0. The van der Waals surface area contributed by atoms with E-state index in [0.29, 0.717) is 0 Å². The molecule has 0 radical (unpaired) electrons. The van der Waals surface area contributed by atoms with E-state index in [1.54, 1.807) is 0 Å². The number of rotatable bonds is 9. The number of aromatic nitrogens is 1. The fourth-order valence-corrected chi connectivity index (χ4v) is 10.5. The van der Waals surface area contributed by atoms with Crippen LogP contribution in [0.2, 0.25) is 0 Å². The topological polar surface area (TPSA) is 21.3 Å². The molecule has 0 saturated heterocycles. The van der Waals surface area contributed by atoms with Crippen molar-refractivity contribution in [3.63, 3.8) is 0 Å². The Morgan fingerprint density at radius 1 is 0.275 bits per heavy atom. The number of hydrogen-bond donors (Lipinski definition) is 0. The molecule has 0 saturated carbocycles. The Morgan fingerprint density at radius 2 is 0.710 bits per heavy atom. The second kappa shape index (κ2) is 16.9. The molecule has 0 amide bonds. The van der Waals surface area contributed by atoms with Crippen LogP contribution in [-0.2, 0) is 0 Å². The van der Waals surface area contributed by atoms with Gasteiger partial charge < -0.3 is 13.9 Å². The van der Waals surface area contributed by atoms with E-state index in [1.165, 1.54) is 38.5 Å². The van der Waals surface area contributed by atoms with Gasteiger partial charge >= 0.3 is 0 Å². The quantitative estimate of drug-likeness (QED) is 0.144. The van der Waals surface area contributed by atoms with Crippen LogP contribution in [0.5, 0.6) is 0 Å². The molecule has 3 heteroatoms. The van der Waals surface area contributed by atoms with Gasteiger partial charge in [0.1, 0.15) is 11.2 Å². The number of anilines is 3. The van der Waals surface area contributed by atoms with Gasteiger partial charge in [-0.15, -0.1) is 0 Å². The minimum Gasteiger partial charge on any atom is -0.455 e. The molecule has 0 atom stereocenters. The summed E-state index contributed by atoms with van der Waals surface area (Å²) in [5.74, 6) is 0. The molecule has 69 heavy (non-hydrogen) atoms. The van der Waals surface area contributed by atoms with Gasteiger partial charge in [-0.25, -0.2) is 0 Å². The zero-order valence-electron chi connectivity index (χ0n) is 37.7. The first-order valence-corrected chi connectivity index (χ1v) is 23.6. The summed E-state index contributed by atoms with van der Waals surface area (Å²) in [6.45, 7) is 0. The second-order valence-electron chi connectivity index (χ2n) is 17.6. The monoisotopic (exact) mass is 880 g/mol. The van der Waals surface area contributed by atoms with Crippen molar-refractivity contribution < 1.29 is 4.42 Å². The Labute approximate surface area is 401 Å². The lowest BCUT2D eigenvalue weighted by Gasteiger charge is -2.28. The molecule has 2 heterocycles. The summed E-state index contributed by atoms with van der Waals surface area (Å²) in [5.41, 5.74) is 20.1. The van der Waals surface area contributed by atoms with Crippen molar-refractivity contribution in [3.05, 3.63) is 267 Å². The lowest BCUT2D eigenvalue weighted by Crippen LogP contribution is -2.11. The summed E-state index contributed by atoms with van der Waals surface area (Å²) in [6, 6.07) is 96.0. The molecular weight excluding hydrogens is 837 g/mol. The lowest BCUT2D eigenvalue weighted by molar-refractivity contribution is 0.670. The second-order valence-corrected chi connectivity index (χ2v) is 17.6. The third-order valence-corrected chi connectivity index (χ3v) is 13.7. The van der Waals surface area contributed by atoms with Crippen LogP contribution in [-0.4, -0.2) is 4.57 Å². The summed E-state index contributed by atoms with van der Waals surface area (Å²) in [7, 11) is 0. The van der Waals surface area contributed by atoms with Gasteiger partial charge in [-0.3, -0.25) is 0 Å². The van der Waals surface area contributed by atoms with Gasteiger partial charge in [0, 0.05) is 49.6 Å². The first-order chi connectivity index (χ1) is 34.3. The summed E-state index contributed by atoms with van der Waals surface area (Å²) in [4.78, 5) is 2.39. The van der Waals surface area contributed by atoms with Crippen molar-refractivity contribution in [1.82, 2.24) is 4.57 Å². The number of fused-ring (bicyclic) bond motifs is 6. The van der Waals surface area contributed by atoms with Crippen molar-refractivity contribution >= 4 is 60.8 Å². The minimum atomic E-state index is 0.899. The molecule has 0 spiro atoms. The summed E-state index contributed by atoms with van der Waals surface area (Å²) in [5, 5.41) is 4.76. The molecule has 0 aliphatic heterocycles. The van der Waals surface area contributed by atoms with E-state index >= 15 is 0 Å². The first-order valence-electron chi connectivity index (χ1n) is 23.6. The van der Waals surface area contributed by atoms with Crippen molar-refractivity contribution in [1.29, 1.82) is 0 Å². The molecule has 0 aliphatic rings. The third-order valence-electron chi connectivity index (χ3n) is 13.7. The van der Waals surface area contributed by atoms with E-state index in [-0.39, 0.29) is 0 Å². The van der Waals surface area contributed by atoms with Crippen LogP contribution in [0.1, 0.15) is 0 Å². The van der Waals surface area contributed by atoms with E-state index in [4.69, 9.17) is 4.42 Å². The molecule has 11 aromatic carbocycles. The van der Waals surface area contributed by atoms with Crippen LogP contribution in [0.15, 0.2) is 271 Å². The highest BCUT2D eigenvalue weighted by Gasteiger charge is 2.21. The van der Waals surface area contributed by atoms with E-state index in [2.05, 4.69) is 264 Å². The molecule has 0 aliphatic carbocycles. The van der Waals surface area contributed by atoms with Crippen molar-refractivity contribution in [2.24, 2.45) is 0 Å². The molecule has 324 valence electrons. The Hall–Kier alpha value is -9.18. The molecule has 0 N–H and O–H groups in total. The van der Waals surface area contributed by atoms with E-state index < -0.39 is 0 Å². The normalized spacial score (nSPS) is 11.5. The van der Waals surface area contributed by atoms with Gasteiger partial charge in [0.15, 0.2) is 0 Å². The molecule has 3 nitrogen and oxygen atoms in total. The predicted molar refractivity (Wildman–Crippen MR) is 290 cm³/mol. The average Bonchev–Trinajstić information content (AvgIpc) is 3.98. The fourth-order valence-electron chi connectivity index (χ4n) is 10.5. The third kappa shape index (κ3) is 6.91. The van der Waals surface area contributed by atoms with Gasteiger partial charge in [0.25, 0.3) is 0 Å². The summed E-state index contributed by atoms with van der Waals surface area (Å²) >= 11 is 0. The molecule has 2 aromatic heterocycles. The Bertz CT molecular complexity index is 3960. The maximum atomic E-state index is 6.53. The molecular formula is C66H44N2O. The number of nitrogens with zero attached hydrogens (tertiary/aromatic N) is 2. The Morgan fingerprint density at radius 3 is 1.35 bits per heavy atom. The minimum absolute atomic E-state index is 0.899. The smallest absolute Gasteiger partial charge is 0.143 e. The van der Waals surface area contributed by atoms with Gasteiger partial charge in [0.2, 0.25) is 0 Å². The number of furan rings is 1. The van der Waals surface area contributed by atoms with Crippen LogP contribution in [0, 0.1) is 0 Å². The maximum Gasteiger partial charge on any atom is 0.143 e. The average molecular weight is 881 g/mol. The van der Waals surface area contributed by atoms with Gasteiger partial charge in [-0.1, -0.05) is 212 Å². The summed E-state index contributed by atoms with van der Waals surface area (Å²) < 4.78 is 8.96. The van der Waals surface area contributed by atoms with Crippen LogP contribution in [0.4, 0.5) is 17.1 Å². The summed E-state index contributed by atoms with van der Waals surface area (Å²) in [6.07, 6.45) is 0. The molecule has 0 unspecified atom stereocenters.